The molecule has 33 heavy (non-hydrogen) atoms. The predicted octanol–water partition coefficient (Wildman–Crippen LogP) is 3.03. The molecule has 1 saturated heterocycles. The number of ether oxygens (including phenoxy) is 1. The molecular formula is C23H26N6O3S. The number of pyridine rings is 1. The molecule has 0 atom stereocenters. The fourth-order valence-electron chi connectivity index (χ4n) is 3.65. The van der Waals surface area contributed by atoms with Crippen LogP contribution in [-0.2, 0) is 9.53 Å². The number of nitrogens with zero attached hydrogens (tertiary/aromatic N) is 6. The Morgan fingerprint density at radius 2 is 1.79 bits per heavy atom. The van der Waals surface area contributed by atoms with Crippen LogP contribution in [0.3, 0.4) is 0 Å². The van der Waals surface area contributed by atoms with E-state index in [4.69, 9.17) is 4.74 Å². The first kappa shape index (κ1) is 22.8. The van der Waals surface area contributed by atoms with E-state index in [1.165, 1.54) is 11.8 Å². The molecule has 0 radical (unpaired) electrons. The summed E-state index contributed by atoms with van der Waals surface area (Å²) < 4.78 is 7.02. The number of amides is 2. The van der Waals surface area contributed by atoms with E-state index in [1.807, 2.05) is 47.9 Å². The molecule has 9 nitrogen and oxygen atoms in total. The van der Waals surface area contributed by atoms with E-state index in [0.717, 1.165) is 16.8 Å². The number of hydrogen-bond donors (Lipinski definition) is 0. The van der Waals surface area contributed by atoms with Gasteiger partial charge in [-0.2, -0.15) is 0 Å². The van der Waals surface area contributed by atoms with Crippen LogP contribution in [0.5, 0.6) is 0 Å². The maximum atomic E-state index is 12.9. The Hall–Kier alpha value is -3.40. The number of aromatic nitrogens is 4. The number of hydrogen-bond acceptors (Lipinski definition) is 7. The average Bonchev–Trinajstić information content (AvgIpc) is 3.27. The summed E-state index contributed by atoms with van der Waals surface area (Å²) in [6.07, 6.45) is 3.14. The normalized spacial score (nSPS) is 13.8. The lowest BCUT2D eigenvalue weighted by atomic mass is 10.2. The summed E-state index contributed by atoms with van der Waals surface area (Å²) >= 11 is 1.36. The smallest absolute Gasteiger partial charge is 0.409 e. The summed E-state index contributed by atoms with van der Waals surface area (Å²) in [5.41, 5.74) is 2.88. The number of carbonyl (C=O) groups is 2. The average molecular weight is 467 g/mol. The Bertz CT molecular complexity index is 1110. The van der Waals surface area contributed by atoms with Crippen molar-refractivity contribution >= 4 is 23.8 Å². The van der Waals surface area contributed by atoms with Gasteiger partial charge in [-0.3, -0.25) is 14.3 Å². The van der Waals surface area contributed by atoms with Gasteiger partial charge in [0.05, 0.1) is 18.0 Å². The first-order valence-electron chi connectivity index (χ1n) is 10.8. The zero-order valence-electron chi connectivity index (χ0n) is 18.7. The number of para-hydroxylation sites is 1. The number of carbonyl (C=O) groups excluding carboxylic acids is 2. The largest absolute Gasteiger partial charge is 0.450 e. The van der Waals surface area contributed by atoms with Crippen LogP contribution in [0.4, 0.5) is 4.79 Å². The van der Waals surface area contributed by atoms with Gasteiger partial charge in [0, 0.05) is 44.1 Å². The second-order valence-corrected chi connectivity index (χ2v) is 8.47. The van der Waals surface area contributed by atoms with Gasteiger partial charge in [0.2, 0.25) is 5.91 Å². The highest BCUT2D eigenvalue weighted by Gasteiger charge is 2.26. The molecule has 0 spiro atoms. The van der Waals surface area contributed by atoms with Gasteiger partial charge in [-0.15, -0.1) is 10.2 Å². The molecule has 0 N–H and O–H groups in total. The third-order valence-corrected chi connectivity index (χ3v) is 6.31. The van der Waals surface area contributed by atoms with E-state index < -0.39 is 0 Å². The molecule has 3 aromatic rings. The van der Waals surface area contributed by atoms with E-state index in [0.29, 0.717) is 43.8 Å². The molecular weight excluding hydrogens is 440 g/mol. The van der Waals surface area contributed by atoms with Gasteiger partial charge >= 0.3 is 6.09 Å². The topological polar surface area (TPSA) is 93.4 Å². The van der Waals surface area contributed by atoms with E-state index >= 15 is 0 Å². The van der Waals surface area contributed by atoms with Crippen molar-refractivity contribution in [2.75, 3.05) is 38.5 Å². The Labute approximate surface area is 196 Å². The van der Waals surface area contributed by atoms with Gasteiger partial charge in [0.25, 0.3) is 0 Å². The highest BCUT2D eigenvalue weighted by Crippen LogP contribution is 2.29. The Morgan fingerprint density at radius 3 is 2.48 bits per heavy atom. The lowest BCUT2D eigenvalue weighted by Crippen LogP contribution is -2.51. The molecule has 2 aromatic heterocycles. The minimum atomic E-state index is -0.326. The summed E-state index contributed by atoms with van der Waals surface area (Å²) in [6, 6.07) is 11.8. The lowest BCUT2D eigenvalue weighted by molar-refractivity contribution is -0.129. The first-order valence-corrected chi connectivity index (χ1v) is 11.8. The zero-order valence-corrected chi connectivity index (χ0v) is 19.5. The van der Waals surface area contributed by atoms with Crippen LogP contribution >= 0.6 is 11.8 Å². The molecule has 0 unspecified atom stereocenters. The SMILES string of the molecule is CCOC(=O)N1CCN(C(=O)CSc2nnc(-c3cccnc3)n2-c2ccccc2C)CC1. The van der Waals surface area contributed by atoms with E-state index in [9.17, 15) is 9.59 Å². The van der Waals surface area contributed by atoms with Crippen molar-refractivity contribution in [2.24, 2.45) is 0 Å². The quantitative estimate of drug-likeness (QED) is 0.516. The van der Waals surface area contributed by atoms with Crippen molar-refractivity contribution in [1.82, 2.24) is 29.5 Å². The number of aryl methyl sites for hydroxylation is 1. The van der Waals surface area contributed by atoms with Gasteiger partial charge in [-0.25, -0.2) is 4.79 Å². The van der Waals surface area contributed by atoms with Crippen molar-refractivity contribution in [3.8, 4) is 17.1 Å². The van der Waals surface area contributed by atoms with Crippen molar-refractivity contribution < 1.29 is 14.3 Å². The van der Waals surface area contributed by atoms with E-state index in [1.54, 1.807) is 29.1 Å². The van der Waals surface area contributed by atoms with Crippen LogP contribution in [0, 0.1) is 6.92 Å². The van der Waals surface area contributed by atoms with Crippen LogP contribution < -0.4 is 0 Å². The maximum absolute atomic E-state index is 12.9. The zero-order chi connectivity index (χ0) is 23.2. The van der Waals surface area contributed by atoms with Gasteiger partial charge in [0.15, 0.2) is 11.0 Å². The summed E-state index contributed by atoms with van der Waals surface area (Å²) in [5, 5.41) is 9.44. The third-order valence-electron chi connectivity index (χ3n) is 5.39. The molecule has 2 amide bonds. The molecule has 4 rings (SSSR count). The fourth-order valence-corrected chi connectivity index (χ4v) is 4.50. The molecule has 1 aliphatic rings. The molecule has 10 heteroatoms. The highest BCUT2D eigenvalue weighted by molar-refractivity contribution is 7.99. The molecule has 0 aliphatic carbocycles. The van der Waals surface area contributed by atoms with E-state index in [2.05, 4.69) is 15.2 Å². The van der Waals surface area contributed by atoms with Crippen LogP contribution in [0.1, 0.15) is 12.5 Å². The number of piperazine rings is 1. The summed E-state index contributed by atoms with van der Waals surface area (Å²) in [7, 11) is 0. The summed E-state index contributed by atoms with van der Waals surface area (Å²) in [4.78, 5) is 32.4. The van der Waals surface area contributed by atoms with Crippen LogP contribution in [-0.4, -0.2) is 80.1 Å². The molecule has 1 aliphatic heterocycles. The highest BCUT2D eigenvalue weighted by atomic mass is 32.2. The van der Waals surface area contributed by atoms with Gasteiger partial charge in [0.1, 0.15) is 0 Å². The number of thioether (sulfide) groups is 1. The predicted molar refractivity (Wildman–Crippen MR) is 125 cm³/mol. The first-order chi connectivity index (χ1) is 16.1. The van der Waals surface area contributed by atoms with Crippen LogP contribution in [0.25, 0.3) is 17.1 Å². The number of benzene rings is 1. The monoisotopic (exact) mass is 466 g/mol. The molecule has 172 valence electrons. The maximum Gasteiger partial charge on any atom is 0.409 e. The summed E-state index contributed by atoms with van der Waals surface area (Å²) in [6.45, 7) is 6.08. The Morgan fingerprint density at radius 1 is 1.03 bits per heavy atom. The van der Waals surface area contributed by atoms with Crippen molar-refractivity contribution in [3.63, 3.8) is 0 Å². The lowest BCUT2D eigenvalue weighted by Gasteiger charge is -2.34. The minimum Gasteiger partial charge on any atom is -0.450 e. The Balaban J connectivity index is 1.49. The van der Waals surface area contributed by atoms with E-state index in [-0.39, 0.29) is 17.8 Å². The second-order valence-electron chi connectivity index (χ2n) is 7.53. The second kappa shape index (κ2) is 10.5. The van der Waals surface area contributed by atoms with Gasteiger partial charge < -0.3 is 14.5 Å². The van der Waals surface area contributed by atoms with Crippen LogP contribution in [0.15, 0.2) is 53.9 Å². The van der Waals surface area contributed by atoms with Crippen molar-refractivity contribution in [3.05, 3.63) is 54.4 Å². The van der Waals surface area contributed by atoms with Gasteiger partial charge in [-0.05, 0) is 37.6 Å². The molecule has 0 saturated carbocycles. The molecule has 3 heterocycles. The number of rotatable bonds is 6. The van der Waals surface area contributed by atoms with Crippen molar-refractivity contribution in [1.29, 1.82) is 0 Å². The van der Waals surface area contributed by atoms with Gasteiger partial charge in [-0.1, -0.05) is 30.0 Å². The standard InChI is InChI=1S/C23H26N6O3S/c1-3-32-23(31)28-13-11-27(12-14-28)20(30)16-33-22-26-25-21(18-8-6-10-24-15-18)29(22)19-9-5-4-7-17(19)2/h4-10,15H,3,11-14,16H2,1-2H3. The molecule has 1 aromatic carbocycles. The minimum absolute atomic E-state index is 0.00534. The molecule has 0 bridgehead atoms. The van der Waals surface area contributed by atoms with Crippen molar-refractivity contribution in [2.45, 2.75) is 19.0 Å². The molecule has 1 fully saturated rings. The Kier molecular flexibility index (Phi) is 7.23. The fraction of sp³-hybridized carbons (Fsp3) is 0.348. The third kappa shape index (κ3) is 5.16. The van der Waals surface area contributed by atoms with Crippen LogP contribution in [0.2, 0.25) is 0 Å². The summed E-state index contributed by atoms with van der Waals surface area (Å²) in [5.74, 6) is 0.914.